The average Bonchev–Trinajstić information content (AvgIpc) is 2.88. The summed E-state index contributed by atoms with van der Waals surface area (Å²) in [5, 5.41) is 15.8. The number of carboxylic acids is 1. The van der Waals surface area contributed by atoms with Crippen LogP contribution in [-0.2, 0) is 26.2 Å². The van der Waals surface area contributed by atoms with Crippen LogP contribution in [-0.4, -0.2) is 67.3 Å². The largest absolute Gasteiger partial charge is 0.477 e. The third kappa shape index (κ3) is 3.41. The van der Waals surface area contributed by atoms with Crippen LogP contribution in [0.25, 0.3) is 0 Å². The number of aryl methyl sites for hydroxylation is 2. The Morgan fingerprint density at radius 1 is 1.43 bits per heavy atom. The number of fused-ring (bicyclic) bond motifs is 1. The van der Waals surface area contributed by atoms with Crippen LogP contribution in [0.15, 0.2) is 15.7 Å². The lowest BCUT2D eigenvalue weighted by atomic mass is 10.0. The van der Waals surface area contributed by atoms with E-state index in [9.17, 15) is 24.3 Å². The zero-order chi connectivity index (χ0) is 20.7. The molecule has 2 aliphatic rings. The molecule has 2 aliphatic heterocycles. The maximum Gasteiger partial charge on any atom is 0.352 e. The van der Waals surface area contributed by atoms with E-state index in [2.05, 4.69) is 26.3 Å². The number of thioether (sulfide) groups is 1. The molecular weight excluding hydrogens is 456 g/mol. The Balaban J connectivity index is 1.79. The third-order valence-electron chi connectivity index (χ3n) is 4.35. The number of nitrogens with zero attached hydrogens (tertiary/aromatic N) is 3. The van der Waals surface area contributed by atoms with E-state index in [0.717, 1.165) is 4.90 Å². The quantitative estimate of drug-likeness (QED) is 0.465. The average molecular weight is 473 g/mol. The SMILES string of the molecule is CC(=O)OCC1=C(C(=O)O)N2C(=O)[C@@H](NC(=O)c3c(Br)c(C)nn3C)[C@@H]2SC1. The molecule has 3 heterocycles. The molecule has 0 aromatic carbocycles. The molecule has 3 rings (SSSR count). The zero-order valence-electron chi connectivity index (χ0n) is 15.2. The second-order valence-corrected chi connectivity index (χ2v) is 8.17. The van der Waals surface area contributed by atoms with Gasteiger partial charge in [0.25, 0.3) is 11.8 Å². The van der Waals surface area contributed by atoms with Gasteiger partial charge < -0.3 is 15.2 Å². The third-order valence-corrected chi connectivity index (χ3v) is 6.64. The van der Waals surface area contributed by atoms with Crippen LogP contribution in [0.5, 0.6) is 0 Å². The molecule has 10 nitrogen and oxygen atoms in total. The number of esters is 1. The van der Waals surface area contributed by atoms with Crippen LogP contribution >= 0.6 is 27.7 Å². The number of ether oxygens (including phenoxy) is 1. The van der Waals surface area contributed by atoms with Gasteiger partial charge in [0.1, 0.15) is 29.4 Å². The number of β-lactam (4-membered cyclic amide) rings is 1. The number of halogens is 1. The second kappa shape index (κ2) is 7.59. The van der Waals surface area contributed by atoms with E-state index in [1.807, 2.05) is 0 Å². The fourth-order valence-electron chi connectivity index (χ4n) is 3.07. The van der Waals surface area contributed by atoms with Crippen molar-refractivity contribution in [2.75, 3.05) is 12.4 Å². The number of rotatable bonds is 5. The number of carboxylic acid groups (broad SMARTS) is 1. The lowest BCUT2D eigenvalue weighted by Gasteiger charge is -2.49. The van der Waals surface area contributed by atoms with Crippen molar-refractivity contribution in [3.63, 3.8) is 0 Å². The summed E-state index contributed by atoms with van der Waals surface area (Å²) in [5.74, 6) is -2.57. The van der Waals surface area contributed by atoms with Gasteiger partial charge in [-0.2, -0.15) is 5.10 Å². The number of hydrogen-bond acceptors (Lipinski definition) is 7. The number of nitrogens with one attached hydrogen (secondary N) is 1. The molecular formula is C16H17BrN4O6S. The minimum Gasteiger partial charge on any atom is -0.477 e. The van der Waals surface area contributed by atoms with Crippen LogP contribution in [0.2, 0.25) is 0 Å². The van der Waals surface area contributed by atoms with E-state index in [1.54, 1.807) is 14.0 Å². The molecule has 2 amide bonds. The minimum atomic E-state index is -1.28. The fourth-order valence-corrected chi connectivity index (χ4v) is 4.91. The van der Waals surface area contributed by atoms with Gasteiger partial charge in [-0.1, -0.05) is 0 Å². The highest BCUT2D eigenvalue weighted by Gasteiger charge is 2.54. The molecule has 150 valence electrons. The lowest BCUT2D eigenvalue weighted by molar-refractivity contribution is -0.149. The van der Waals surface area contributed by atoms with Crippen molar-refractivity contribution in [3.8, 4) is 0 Å². The predicted molar refractivity (Wildman–Crippen MR) is 101 cm³/mol. The highest BCUT2D eigenvalue weighted by molar-refractivity contribution is 9.10. The summed E-state index contributed by atoms with van der Waals surface area (Å²) in [6.07, 6.45) is 0. The number of carbonyl (C=O) groups is 4. The Morgan fingerprint density at radius 3 is 2.64 bits per heavy atom. The second-order valence-electron chi connectivity index (χ2n) is 6.27. The molecule has 0 radical (unpaired) electrons. The van der Waals surface area contributed by atoms with E-state index in [1.165, 1.54) is 23.4 Å². The molecule has 1 aromatic heterocycles. The molecule has 12 heteroatoms. The number of carbonyl (C=O) groups excluding carboxylic acids is 3. The Hall–Kier alpha value is -2.34. The molecule has 0 saturated carbocycles. The highest BCUT2D eigenvalue weighted by atomic mass is 79.9. The van der Waals surface area contributed by atoms with Gasteiger partial charge in [0.15, 0.2) is 0 Å². The summed E-state index contributed by atoms with van der Waals surface area (Å²) < 4.78 is 6.82. The van der Waals surface area contributed by atoms with E-state index in [0.29, 0.717) is 15.7 Å². The van der Waals surface area contributed by atoms with Gasteiger partial charge in [0, 0.05) is 25.3 Å². The molecule has 0 bridgehead atoms. The Kier molecular flexibility index (Phi) is 5.53. The molecule has 1 aromatic rings. The lowest BCUT2D eigenvalue weighted by Crippen LogP contribution is -2.70. The van der Waals surface area contributed by atoms with Gasteiger partial charge in [-0.3, -0.25) is 24.0 Å². The van der Waals surface area contributed by atoms with E-state index in [-0.39, 0.29) is 23.8 Å². The maximum atomic E-state index is 12.6. The number of aromatic nitrogens is 2. The minimum absolute atomic E-state index is 0.196. The summed E-state index contributed by atoms with van der Waals surface area (Å²) in [6, 6.07) is -0.857. The van der Waals surface area contributed by atoms with E-state index >= 15 is 0 Å². The smallest absolute Gasteiger partial charge is 0.352 e. The highest BCUT2D eigenvalue weighted by Crippen LogP contribution is 2.40. The standard InChI is InChI=1S/C16H17BrN4O6S/c1-6-9(17)12(20(3)19-6)13(23)18-10-14(24)21-11(16(25)26)8(4-27-7(2)22)5-28-15(10)21/h10,15H,4-5H2,1-3H3,(H,18,23)(H,25,26)/t10-,15+/m1/s1. The van der Waals surface area contributed by atoms with Crippen molar-refractivity contribution < 1.29 is 29.0 Å². The van der Waals surface area contributed by atoms with Crippen LogP contribution < -0.4 is 5.32 Å². The first-order valence-electron chi connectivity index (χ1n) is 8.16. The Morgan fingerprint density at radius 2 is 2.11 bits per heavy atom. The maximum absolute atomic E-state index is 12.6. The normalized spacial score (nSPS) is 21.1. The van der Waals surface area contributed by atoms with Crippen LogP contribution in [0.1, 0.15) is 23.1 Å². The zero-order valence-corrected chi connectivity index (χ0v) is 17.6. The number of hydrogen-bond donors (Lipinski definition) is 2. The van der Waals surface area contributed by atoms with Gasteiger partial charge >= 0.3 is 11.9 Å². The van der Waals surface area contributed by atoms with Crippen molar-refractivity contribution in [1.29, 1.82) is 0 Å². The molecule has 28 heavy (non-hydrogen) atoms. The van der Waals surface area contributed by atoms with Crippen molar-refractivity contribution in [2.24, 2.45) is 7.05 Å². The van der Waals surface area contributed by atoms with Crippen LogP contribution in [0.3, 0.4) is 0 Å². The Bertz CT molecular complexity index is 926. The van der Waals surface area contributed by atoms with Crippen molar-refractivity contribution in [1.82, 2.24) is 20.0 Å². The first-order chi connectivity index (χ1) is 13.1. The predicted octanol–water partition coefficient (Wildman–Crippen LogP) is 0.406. The van der Waals surface area contributed by atoms with Gasteiger partial charge in [0.05, 0.1) is 10.2 Å². The van der Waals surface area contributed by atoms with Gasteiger partial charge in [-0.15, -0.1) is 11.8 Å². The van der Waals surface area contributed by atoms with Crippen molar-refractivity contribution >= 4 is 51.4 Å². The first kappa shape index (κ1) is 20.4. The summed E-state index contributed by atoms with van der Waals surface area (Å²) >= 11 is 4.61. The van der Waals surface area contributed by atoms with Crippen molar-refractivity contribution in [3.05, 3.63) is 27.1 Å². The van der Waals surface area contributed by atoms with E-state index < -0.39 is 35.2 Å². The van der Waals surface area contributed by atoms with Crippen LogP contribution in [0.4, 0.5) is 0 Å². The molecule has 1 fully saturated rings. The van der Waals surface area contributed by atoms with Crippen molar-refractivity contribution in [2.45, 2.75) is 25.3 Å². The Labute approximate surface area is 172 Å². The van der Waals surface area contributed by atoms with Crippen LogP contribution in [0, 0.1) is 6.92 Å². The molecule has 0 aliphatic carbocycles. The molecule has 2 N–H and O–H groups in total. The van der Waals surface area contributed by atoms with Gasteiger partial charge in [0.2, 0.25) is 0 Å². The molecule has 0 unspecified atom stereocenters. The summed E-state index contributed by atoms with van der Waals surface area (Å²) in [7, 11) is 1.61. The molecule has 2 atom stereocenters. The first-order valence-corrected chi connectivity index (χ1v) is 10.0. The monoisotopic (exact) mass is 472 g/mol. The van der Waals surface area contributed by atoms with Gasteiger partial charge in [-0.05, 0) is 22.9 Å². The topological polar surface area (TPSA) is 131 Å². The summed E-state index contributed by atoms with van der Waals surface area (Å²) in [4.78, 5) is 49.0. The van der Waals surface area contributed by atoms with Gasteiger partial charge in [-0.25, -0.2) is 4.79 Å². The fraction of sp³-hybridized carbons (Fsp3) is 0.438. The van der Waals surface area contributed by atoms with E-state index in [4.69, 9.17) is 4.74 Å². The number of aliphatic carboxylic acids is 1. The summed E-state index contributed by atoms with van der Waals surface area (Å²) in [6.45, 7) is 2.76. The molecule has 1 saturated heterocycles. The molecule has 0 spiro atoms. The summed E-state index contributed by atoms with van der Waals surface area (Å²) in [5.41, 5.74) is 1.05. The number of amides is 2.